The number of rotatable bonds is 0. The number of aromatic amines is 1. The van der Waals surface area contributed by atoms with Gasteiger partial charge in [-0.2, -0.15) is 0 Å². The number of hydrogen-bond donors (Lipinski definition) is 1. The van der Waals surface area contributed by atoms with Crippen molar-refractivity contribution in [2.75, 3.05) is 13.2 Å². The number of ether oxygens (including phenoxy) is 2. The maximum Gasteiger partial charge on any atom is 0.189 e. The van der Waals surface area contributed by atoms with Gasteiger partial charge in [0.15, 0.2) is 16.9 Å². The molecule has 3 rings (SSSR count). The van der Waals surface area contributed by atoms with Crippen LogP contribution in [0, 0.1) is 6.92 Å². The lowest BCUT2D eigenvalue weighted by Gasteiger charge is -2.08. The molecule has 88 valence electrons. The van der Waals surface area contributed by atoms with Gasteiger partial charge in [-0.1, -0.05) is 0 Å². The van der Waals surface area contributed by atoms with Crippen LogP contribution < -0.4 is 14.9 Å². The van der Waals surface area contributed by atoms with Crippen molar-refractivity contribution in [3.05, 3.63) is 34.1 Å². The normalized spacial score (nSPS) is 14.6. The number of fused-ring (bicyclic) bond motifs is 2. The van der Waals surface area contributed by atoms with Gasteiger partial charge in [0.1, 0.15) is 0 Å². The van der Waals surface area contributed by atoms with Crippen molar-refractivity contribution in [3.8, 4) is 11.5 Å². The van der Waals surface area contributed by atoms with E-state index < -0.39 is 0 Å². The second-order valence-electron chi connectivity index (χ2n) is 4.21. The summed E-state index contributed by atoms with van der Waals surface area (Å²) in [6.07, 6.45) is 0.859. The number of aromatic nitrogens is 1. The number of benzene rings is 1. The summed E-state index contributed by atoms with van der Waals surface area (Å²) >= 11 is 0. The number of hydrogen-bond acceptors (Lipinski definition) is 3. The molecule has 1 aromatic carbocycles. The van der Waals surface area contributed by atoms with Gasteiger partial charge < -0.3 is 14.5 Å². The minimum Gasteiger partial charge on any atom is -0.490 e. The minimum absolute atomic E-state index is 0.00639. The van der Waals surface area contributed by atoms with Gasteiger partial charge in [-0.15, -0.1) is 0 Å². The van der Waals surface area contributed by atoms with Crippen LogP contribution in [0.2, 0.25) is 0 Å². The average Bonchev–Trinajstić information content (AvgIpc) is 2.51. The number of H-pyrrole nitrogens is 1. The maximum atomic E-state index is 11.9. The predicted octanol–water partition coefficient (Wildman–Crippen LogP) is 2.00. The molecule has 0 aliphatic carbocycles. The fourth-order valence-corrected chi connectivity index (χ4v) is 2.04. The van der Waals surface area contributed by atoms with Crippen LogP contribution in [0.4, 0.5) is 0 Å². The SMILES string of the molecule is Cc1cc(=O)c2cc3c(cc2[nH]1)OCCCO3. The molecule has 0 radical (unpaired) electrons. The molecular formula is C13H13NO3. The summed E-state index contributed by atoms with van der Waals surface area (Å²) < 4.78 is 11.2. The van der Waals surface area contributed by atoms with Gasteiger partial charge in [0, 0.05) is 29.6 Å². The molecule has 0 atom stereocenters. The Hall–Kier alpha value is -1.97. The van der Waals surface area contributed by atoms with E-state index in [1.165, 1.54) is 0 Å². The van der Waals surface area contributed by atoms with E-state index in [9.17, 15) is 4.79 Å². The predicted molar refractivity (Wildman–Crippen MR) is 64.9 cm³/mol. The largest absolute Gasteiger partial charge is 0.490 e. The Labute approximate surface area is 98.2 Å². The first kappa shape index (κ1) is 10.2. The van der Waals surface area contributed by atoms with E-state index in [1.807, 2.05) is 13.0 Å². The molecule has 1 N–H and O–H groups in total. The first-order chi connectivity index (χ1) is 8.24. The molecule has 2 aromatic rings. The van der Waals surface area contributed by atoms with Crippen molar-refractivity contribution in [1.29, 1.82) is 0 Å². The fraction of sp³-hybridized carbons (Fsp3) is 0.308. The smallest absolute Gasteiger partial charge is 0.189 e. The molecule has 0 unspecified atom stereocenters. The molecule has 1 aromatic heterocycles. The summed E-state index contributed by atoms with van der Waals surface area (Å²) in [6.45, 7) is 3.14. The lowest BCUT2D eigenvalue weighted by molar-refractivity contribution is 0.297. The van der Waals surface area contributed by atoms with Crippen molar-refractivity contribution in [2.24, 2.45) is 0 Å². The van der Waals surface area contributed by atoms with Crippen molar-refractivity contribution in [3.63, 3.8) is 0 Å². The quantitative estimate of drug-likeness (QED) is 0.754. The Balaban J connectivity index is 2.29. The van der Waals surface area contributed by atoms with E-state index in [1.54, 1.807) is 12.1 Å². The summed E-state index contributed by atoms with van der Waals surface area (Å²) in [6, 6.07) is 5.19. The highest BCUT2D eigenvalue weighted by Gasteiger charge is 2.13. The van der Waals surface area contributed by atoms with E-state index in [0.29, 0.717) is 30.1 Å². The monoisotopic (exact) mass is 231 g/mol. The Morgan fingerprint density at radius 3 is 2.59 bits per heavy atom. The number of nitrogens with one attached hydrogen (secondary N) is 1. The molecule has 1 aliphatic rings. The zero-order valence-corrected chi connectivity index (χ0v) is 9.58. The van der Waals surface area contributed by atoms with E-state index in [-0.39, 0.29) is 5.43 Å². The third-order valence-corrected chi connectivity index (χ3v) is 2.83. The van der Waals surface area contributed by atoms with Crippen molar-refractivity contribution in [1.82, 2.24) is 4.98 Å². The summed E-state index contributed by atoms with van der Waals surface area (Å²) in [4.78, 5) is 15.0. The topological polar surface area (TPSA) is 51.3 Å². The lowest BCUT2D eigenvalue weighted by atomic mass is 10.1. The van der Waals surface area contributed by atoms with Gasteiger partial charge >= 0.3 is 0 Å². The van der Waals surface area contributed by atoms with Crippen LogP contribution in [-0.4, -0.2) is 18.2 Å². The maximum absolute atomic E-state index is 11.9. The van der Waals surface area contributed by atoms with Gasteiger partial charge in [-0.25, -0.2) is 0 Å². The summed E-state index contributed by atoms with van der Waals surface area (Å²) in [5.41, 5.74) is 1.64. The molecule has 17 heavy (non-hydrogen) atoms. The third kappa shape index (κ3) is 1.75. The van der Waals surface area contributed by atoms with Gasteiger partial charge in [0.05, 0.1) is 18.7 Å². The Kier molecular flexibility index (Phi) is 2.28. The van der Waals surface area contributed by atoms with Crippen LogP contribution in [0.3, 0.4) is 0 Å². The Morgan fingerprint density at radius 2 is 1.82 bits per heavy atom. The second kappa shape index (κ2) is 3.80. The molecule has 0 fully saturated rings. The zero-order valence-electron chi connectivity index (χ0n) is 9.58. The molecule has 1 aliphatic heterocycles. The van der Waals surface area contributed by atoms with E-state index >= 15 is 0 Å². The average molecular weight is 231 g/mol. The minimum atomic E-state index is 0.00639. The highest BCUT2D eigenvalue weighted by atomic mass is 16.5. The summed E-state index contributed by atoms with van der Waals surface area (Å²) in [7, 11) is 0. The van der Waals surface area contributed by atoms with E-state index in [0.717, 1.165) is 17.6 Å². The highest BCUT2D eigenvalue weighted by molar-refractivity contribution is 5.82. The number of aryl methyl sites for hydroxylation is 1. The fourth-order valence-electron chi connectivity index (χ4n) is 2.04. The molecule has 2 heterocycles. The second-order valence-corrected chi connectivity index (χ2v) is 4.21. The van der Waals surface area contributed by atoms with Crippen molar-refractivity contribution in [2.45, 2.75) is 13.3 Å². The molecule has 0 spiro atoms. The van der Waals surface area contributed by atoms with Crippen LogP contribution in [-0.2, 0) is 0 Å². The Morgan fingerprint density at radius 1 is 1.12 bits per heavy atom. The van der Waals surface area contributed by atoms with Gasteiger partial charge in [-0.3, -0.25) is 4.79 Å². The van der Waals surface area contributed by atoms with Crippen LogP contribution in [0.25, 0.3) is 10.9 Å². The highest BCUT2D eigenvalue weighted by Crippen LogP contribution is 2.32. The Bertz CT molecular complexity index is 630. The molecular weight excluding hydrogens is 218 g/mol. The van der Waals surface area contributed by atoms with E-state index in [2.05, 4.69) is 4.98 Å². The molecule has 4 heteroatoms. The molecule has 0 saturated carbocycles. The van der Waals surface area contributed by atoms with E-state index in [4.69, 9.17) is 9.47 Å². The molecule has 0 bridgehead atoms. The first-order valence-corrected chi connectivity index (χ1v) is 5.67. The first-order valence-electron chi connectivity index (χ1n) is 5.67. The van der Waals surface area contributed by atoms with Crippen LogP contribution in [0.5, 0.6) is 11.5 Å². The van der Waals surface area contributed by atoms with Crippen LogP contribution in [0.1, 0.15) is 12.1 Å². The summed E-state index contributed by atoms with van der Waals surface area (Å²) in [5.74, 6) is 1.36. The lowest BCUT2D eigenvalue weighted by Crippen LogP contribution is -2.04. The zero-order chi connectivity index (χ0) is 11.8. The van der Waals surface area contributed by atoms with Crippen molar-refractivity contribution < 1.29 is 9.47 Å². The summed E-state index contributed by atoms with van der Waals surface area (Å²) in [5, 5.41) is 0.639. The molecule has 0 amide bonds. The standard InChI is InChI=1S/C13H13NO3/c1-8-5-11(15)9-6-12-13(7-10(9)14-8)17-4-2-3-16-12/h5-7H,2-4H2,1H3,(H,14,15). The van der Waals surface area contributed by atoms with Crippen LogP contribution >= 0.6 is 0 Å². The van der Waals surface area contributed by atoms with Gasteiger partial charge in [-0.05, 0) is 13.0 Å². The van der Waals surface area contributed by atoms with Crippen molar-refractivity contribution >= 4 is 10.9 Å². The molecule has 4 nitrogen and oxygen atoms in total. The van der Waals surface area contributed by atoms with Gasteiger partial charge in [0.25, 0.3) is 0 Å². The van der Waals surface area contributed by atoms with Gasteiger partial charge in [0.2, 0.25) is 0 Å². The number of pyridine rings is 1. The molecule has 0 saturated heterocycles. The third-order valence-electron chi connectivity index (χ3n) is 2.83. The van der Waals surface area contributed by atoms with Crippen LogP contribution in [0.15, 0.2) is 23.0 Å².